The van der Waals surface area contributed by atoms with E-state index in [2.05, 4.69) is 21.2 Å². The molecular formula is C11H13BrFNO2S. The molecule has 1 aliphatic heterocycles. The molecule has 1 atom stereocenters. The maximum absolute atomic E-state index is 13.4. The first kappa shape index (κ1) is 13.0. The van der Waals surface area contributed by atoms with Gasteiger partial charge in [-0.3, -0.25) is 0 Å². The summed E-state index contributed by atoms with van der Waals surface area (Å²) in [6, 6.07) is 4.68. The predicted octanol–water partition coefficient (Wildman–Crippen LogP) is 1.86. The Morgan fingerprint density at radius 2 is 2.24 bits per heavy atom. The average molecular weight is 322 g/mol. The molecule has 1 unspecified atom stereocenters. The summed E-state index contributed by atoms with van der Waals surface area (Å²) in [5.41, 5.74) is 0.545. The normalized spacial score (nSPS) is 22.8. The molecule has 17 heavy (non-hydrogen) atoms. The number of nitrogens with one attached hydrogen (secondary N) is 1. The summed E-state index contributed by atoms with van der Waals surface area (Å²) < 4.78 is 36.7. The van der Waals surface area contributed by atoms with E-state index in [1.807, 2.05) is 0 Å². The summed E-state index contributed by atoms with van der Waals surface area (Å²) in [6.45, 7) is 0.353. The van der Waals surface area contributed by atoms with Gasteiger partial charge in [-0.2, -0.15) is 0 Å². The maximum Gasteiger partial charge on any atom is 0.151 e. The van der Waals surface area contributed by atoms with Gasteiger partial charge in [-0.1, -0.05) is 15.9 Å². The molecule has 1 saturated heterocycles. The van der Waals surface area contributed by atoms with Gasteiger partial charge in [0.05, 0.1) is 11.5 Å². The topological polar surface area (TPSA) is 46.2 Å². The summed E-state index contributed by atoms with van der Waals surface area (Å²) in [5.74, 6) is 0.107. The maximum atomic E-state index is 13.4. The second kappa shape index (κ2) is 5.04. The number of benzene rings is 1. The van der Waals surface area contributed by atoms with Gasteiger partial charge in [-0.15, -0.1) is 0 Å². The van der Waals surface area contributed by atoms with Gasteiger partial charge in [0.25, 0.3) is 0 Å². The summed E-state index contributed by atoms with van der Waals surface area (Å²) in [6.07, 6.45) is 0.609. The standard InChI is InChI=1S/C11H13BrFNO2S/c12-9-1-2-11(13)8(5-9)6-14-10-3-4-17(15,16)7-10/h1-2,5,10,14H,3-4,6-7H2. The molecule has 1 fully saturated rings. The van der Waals surface area contributed by atoms with Crippen molar-refractivity contribution in [3.05, 3.63) is 34.1 Å². The van der Waals surface area contributed by atoms with Gasteiger partial charge < -0.3 is 5.32 Å². The van der Waals surface area contributed by atoms with Crippen LogP contribution in [0.2, 0.25) is 0 Å². The second-order valence-corrected chi connectivity index (χ2v) is 7.36. The van der Waals surface area contributed by atoms with Crippen molar-refractivity contribution >= 4 is 25.8 Å². The Labute approximate surface area is 108 Å². The van der Waals surface area contributed by atoms with E-state index >= 15 is 0 Å². The number of hydrogen-bond donors (Lipinski definition) is 1. The minimum atomic E-state index is -2.88. The Morgan fingerprint density at radius 1 is 1.47 bits per heavy atom. The summed E-state index contributed by atoms with van der Waals surface area (Å²) in [7, 11) is -2.88. The molecule has 0 spiro atoms. The van der Waals surface area contributed by atoms with Gasteiger partial charge >= 0.3 is 0 Å². The molecule has 1 heterocycles. The van der Waals surface area contributed by atoms with Crippen molar-refractivity contribution in [1.29, 1.82) is 0 Å². The highest BCUT2D eigenvalue weighted by Gasteiger charge is 2.27. The molecule has 0 aliphatic carbocycles. The number of halogens is 2. The lowest BCUT2D eigenvalue weighted by atomic mass is 10.2. The molecule has 0 bridgehead atoms. The Balaban J connectivity index is 1.97. The molecule has 1 aromatic carbocycles. The van der Waals surface area contributed by atoms with Crippen LogP contribution in [-0.2, 0) is 16.4 Å². The molecule has 0 aromatic heterocycles. The van der Waals surface area contributed by atoms with Crippen molar-refractivity contribution in [3.63, 3.8) is 0 Å². The zero-order valence-electron chi connectivity index (χ0n) is 9.12. The van der Waals surface area contributed by atoms with E-state index in [0.29, 0.717) is 18.5 Å². The third-order valence-electron chi connectivity index (χ3n) is 2.82. The summed E-state index contributed by atoms with van der Waals surface area (Å²) in [5, 5.41) is 3.08. The van der Waals surface area contributed by atoms with Crippen molar-refractivity contribution in [3.8, 4) is 0 Å². The van der Waals surface area contributed by atoms with Crippen LogP contribution < -0.4 is 5.32 Å². The summed E-state index contributed by atoms with van der Waals surface area (Å²) in [4.78, 5) is 0. The van der Waals surface area contributed by atoms with Crippen LogP contribution in [0.25, 0.3) is 0 Å². The molecule has 2 rings (SSSR count). The highest BCUT2D eigenvalue weighted by molar-refractivity contribution is 9.10. The Morgan fingerprint density at radius 3 is 2.88 bits per heavy atom. The molecule has 0 saturated carbocycles. The van der Waals surface area contributed by atoms with Gasteiger partial charge in [0.1, 0.15) is 5.82 Å². The fourth-order valence-electron chi connectivity index (χ4n) is 1.89. The lowest BCUT2D eigenvalue weighted by molar-refractivity contribution is 0.532. The van der Waals surface area contributed by atoms with Crippen molar-refractivity contribution < 1.29 is 12.8 Å². The van der Waals surface area contributed by atoms with E-state index < -0.39 is 9.84 Å². The zero-order valence-corrected chi connectivity index (χ0v) is 11.5. The third-order valence-corrected chi connectivity index (χ3v) is 5.08. The molecule has 94 valence electrons. The lowest BCUT2D eigenvalue weighted by Gasteiger charge is -2.11. The fraction of sp³-hybridized carbons (Fsp3) is 0.455. The van der Waals surface area contributed by atoms with E-state index in [4.69, 9.17) is 0 Å². The molecule has 1 aliphatic rings. The van der Waals surface area contributed by atoms with E-state index in [1.165, 1.54) is 6.07 Å². The quantitative estimate of drug-likeness (QED) is 0.924. The van der Waals surface area contributed by atoms with Crippen molar-refractivity contribution in [2.24, 2.45) is 0 Å². The molecule has 3 nitrogen and oxygen atoms in total. The van der Waals surface area contributed by atoms with Gasteiger partial charge in [0.15, 0.2) is 9.84 Å². The molecule has 1 N–H and O–H groups in total. The lowest BCUT2D eigenvalue weighted by Crippen LogP contribution is -2.29. The van der Waals surface area contributed by atoms with Crippen molar-refractivity contribution in [2.45, 2.75) is 19.0 Å². The molecule has 0 radical (unpaired) electrons. The van der Waals surface area contributed by atoms with Crippen LogP contribution in [0.1, 0.15) is 12.0 Å². The fourth-order valence-corrected chi connectivity index (χ4v) is 4.01. The Bertz CT molecular complexity index is 518. The second-order valence-electron chi connectivity index (χ2n) is 4.22. The van der Waals surface area contributed by atoms with E-state index in [-0.39, 0.29) is 23.4 Å². The first-order chi connectivity index (χ1) is 7.96. The van der Waals surface area contributed by atoms with E-state index in [0.717, 1.165) is 4.47 Å². The van der Waals surface area contributed by atoms with Gasteiger partial charge in [0, 0.05) is 22.6 Å². The van der Waals surface area contributed by atoms with Crippen LogP contribution in [0.5, 0.6) is 0 Å². The smallest absolute Gasteiger partial charge is 0.151 e. The predicted molar refractivity (Wildman–Crippen MR) is 68.0 cm³/mol. The van der Waals surface area contributed by atoms with Crippen LogP contribution in [0.15, 0.2) is 22.7 Å². The summed E-state index contributed by atoms with van der Waals surface area (Å²) >= 11 is 3.28. The Hall–Kier alpha value is -0.460. The minimum Gasteiger partial charge on any atom is -0.309 e. The SMILES string of the molecule is O=S1(=O)CCC(NCc2cc(Br)ccc2F)C1. The van der Waals surface area contributed by atoms with E-state index in [1.54, 1.807) is 12.1 Å². The van der Waals surface area contributed by atoms with Gasteiger partial charge in [0.2, 0.25) is 0 Å². The highest BCUT2D eigenvalue weighted by Crippen LogP contribution is 2.17. The first-order valence-electron chi connectivity index (χ1n) is 5.34. The van der Waals surface area contributed by atoms with Crippen LogP contribution in [0, 0.1) is 5.82 Å². The van der Waals surface area contributed by atoms with Crippen LogP contribution in [0.4, 0.5) is 4.39 Å². The van der Waals surface area contributed by atoms with Crippen molar-refractivity contribution in [1.82, 2.24) is 5.32 Å². The molecule has 1 aromatic rings. The van der Waals surface area contributed by atoms with Crippen LogP contribution in [0.3, 0.4) is 0 Å². The van der Waals surface area contributed by atoms with Crippen LogP contribution in [-0.4, -0.2) is 26.0 Å². The minimum absolute atomic E-state index is 0.0571. The monoisotopic (exact) mass is 321 g/mol. The zero-order chi connectivity index (χ0) is 12.5. The average Bonchev–Trinajstić information content (AvgIpc) is 2.60. The molecule has 6 heteroatoms. The van der Waals surface area contributed by atoms with Crippen molar-refractivity contribution in [2.75, 3.05) is 11.5 Å². The largest absolute Gasteiger partial charge is 0.309 e. The molecular weight excluding hydrogens is 309 g/mol. The van der Waals surface area contributed by atoms with E-state index in [9.17, 15) is 12.8 Å². The molecule has 0 amide bonds. The Kier molecular flexibility index (Phi) is 3.85. The highest BCUT2D eigenvalue weighted by atomic mass is 79.9. The van der Waals surface area contributed by atoms with Gasteiger partial charge in [-0.25, -0.2) is 12.8 Å². The number of rotatable bonds is 3. The first-order valence-corrected chi connectivity index (χ1v) is 7.95. The van der Waals surface area contributed by atoms with Crippen LogP contribution >= 0.6 is 15.9 Å². The number of hydrogen-bond acceptors (Lipinski definition) is 3. The third kappa shape index (κ3) is 3.50. The van der Waals surface area contributed by atoms with Gasteiger partial charge in [-0.05, 0) is 24.6 Å². The number of sulfone groups is 1.